The summed E-state index contributed by atoms with van der Waals surface area (Å²) in [5.74, 6) is -1.55. The second-order valence-corrected chi connectivity index (χ2v) is 6.96. The number of nitrogens with one attached hydrogen (secondary N) is 1. The van der Waals surface area contributed by atoms with E-state index < -0.39 is 17.8 Å². The standard InChI is InChI=1S/C23H20FN3O2/c24-18-10-4-5-12-20(18)27-15-17(14-21(27)28)23(29)26-22(16-8-2-1-3-9-16)19-11-6-7-13-25-19/h1-13,17,22H,14-15H2,(H,26,29). The largest absolute Gasteiger partial charge is 0.343 e. The number of carbonyl (C=O) groups excluding carboxylic acids is 2. The normalized spacial score (nSPS) is 17.2. The van der Waals surface area contributed by atoms with E-state index in [1.807, 2.05) is 48.5 Å². The van der Waals surface area contributed by atoms with Gasteiger partial charge in [-0.25, -0.2) is 4.39 Å². The number of nitrogens with zero attached hydrogens (tertiary/aromatic N) is 2. The number of benzene rings is 2. The van der Waals surface area contributed by atoms with E-state index in [1.165, 1.54) is 11.0 Å². The summed E-state index contributed by atoms with van der Waals surface area (Å²) >= 11 is 0. The van der Waals surface area contributed by atoms with Crippen molar-refractivity contribution in [2.75, 3.05) is 11.4 Å². The van der Waals surface area contributed by atoms with Gasteiger partial charge in [0.2, 0.25) is 11.8 Å². The second-order valence-electron chi connectivity index (χ2n) is 6.96. The Hall–Kier alpha value is -3.54. The van der Waals surface area contributed by atoms with Crippen LogP contribution in [0.1, 0.15) is 23.7 Å². The van der Waals surface area contributed by atoms with Crippen LogP contribution < -0.4 is 10.2 Å². The van der Waals surface area contributed by atoms with Gasteiger partial charge in [0.05, 0.1) is 23.3 Å². The van der Waals surface area contributed by atoms with Crippen molar-refractivity contribution in [1.29, 1.82) is 0 Å². The van der Waals surface area contributed by atoms with Crippen LogP contribution in [0.4, 0.5) is 10.1 Å². The zero-order valence-electron chi connectivity index (χ0n) is 15.7. The summed E-state index contributed by atoms with van der Waals surface area (Å²) in [6.07, 6.45) is 1.72. The van der Waals surface area contributed by atoms with Gasteiger partial charge in [-0.05, 0) is 29.8 Å². The van der Waals surface area contributed by atoms with Gasteiger partial charge in [0, 0.05) is 19.2 Å². The maximum absolute atomic E-state index is 14.1. The summed E-state index contributed by atoms with van der Waals surface area (Å²) in [6.45, 7) is 0.148. The van der Waals surface area contributed by atoms with Crippen LogP contribution in [0.5, 0.6) is 0 Å². The van der Waals surface area contributed by atoms with Crippen LogP contribution >= 0.6 is 0 Å². The maximum atomic E-state index is 14.1. The first kappa shape index (κ1) is 18.8. The van der Waals surface area contributed by atoms with Crippen LogP contribution in [-0.4, -0.2) is 23.3 Å². The third-order valence-corrected chi connectivity index (χ3v) is 5.04. The van der Waals surface area contributed by atoms with Crippen molar-refractivity contribution in [3.05, 3.63) is 96.1 Å². The van der Waals surface area contributed by atoms with E-state index in [0.29, 0.717) is 5.69 Å². The minimum atomic E-state index is -0.558. The Bertz CT molecular complexity index is 971. The van der Waals surface area contributed by atoms with E-state index in [2.05, 4.69) is 10.3 Å². The monoisotopic (exact) mass is 389 g/mol. The van der Waals surface area contributed by atoms with Crippen LogP contribution in [0, 0.1) is 11.7 Å². The molecular weight excluding hydrogens is 369 g/mol. The Morgan fingerprint density at radius 3 is 2.48 bits per heavy atom. The molecule has 2 atom stereocenters. The molecule has 1 N–H and O–H groups in total. The summed E-state index contributed by atoms with van der Waals surface area (Å²) in [4.78, 5) is 31.2. The molecule has 0 bridgehead atoms. The van der Waals surface area contributed by atoms with Crippen LogP contribution in [0.2, 0.25) is 0 Å². The Labute approximate surface area is 168 Å². The average molecular weight is 389 g/mol. The molecule has 0 radical (unpaired) electrons. The smallest absolute Gasteiger partial charge is 0.227 e. The molecule has 2 amide bonds. The predicted molar refractivity (Wildman–Crippen MR) is 108 cm³/mol. The van der Waals surface area contributed by atoms with Gasteiger partial charge in [-0.1, -0.05) is 48.5 Å². The first-order valence-electron chi connectivity index (χ1n) is 9.44. The first-order valence-corrected chi connectivity index (χ1v) is 9.44. The van der Waals surface area contributed by atoms with Crippen molar-refractivity contribution in [2.24, 2.45) is 5.92 Å². The van der Waals surface area contributed by atoms with E-state index in [4.69, 9.17) is 0 Å². The van der Waals surface area contributed by atoms with Crippen molar-refractivity contribution in [1.82, 2.24) is 10.3 Å². The fraction of sp³-hybridized carbons (Fsp3) is 0.174. The minimum absolute atomic E-state index is 0.0455. The molecule has 1 fully saturated rings. The molecule has 3 aromatic rings. The Morgan fingerprint density at radius 2 is 1.76 bits per heavy atom. The Morgan fingerprint density at radius 1 is 1.03 bits per heavy atom. The van der Waals surface area contributed by atoms with Crippen LogP contribution in [0.3, 0.4) is 0 Å². The lowest BCUT2D eigenvalue weighted by atomic mass is 10.0. The highest BCUT2D eigenvalue weighted by atomic mass is 19.1. The Balaban J connectivity index is 1.54. The number of hydrogen-bond donors (Lipinski definition) is 1. The molecule has 0 aliphatic carbocycles. The summed E-state index contributed by atoms with van der Waals surface area (Å²) in [7, 11) is 0. The fourth-order valence-electron chi connectivity index (χ4n) is 3.57. The van der Waals surface area contributed by atoms with Gasteiger partial charge in [-0.2, -0.15) is 0 Å². The minimum Gasteiger partial charge on any atom is -0.343 e. The topological polar surface area (TPSA) is 62.3 Å². The number of rotatable bonds is 5. The molecule has 4 rings (SSSR count). The van der Waals surface area contributed by atoms with Crippen LogP contribution in [0.25, 0.3) is 0 Å². The molecular formula is C23H20FN3O2. The van der Waals surface area contributed by atoms with Gasteiger partial charge in [0.1, 0.15) is 5.82 Å². The van der Waals surface area contributed by atoms with Crippen molar-refractivity contribution in [3.63, 3.8) is 0 Å². The number of aromatic nitrogens is 1. The number of halogens is 1. The molecule has 1 aliphatic rings. The van der Waals surface area contributed by atoms with Gasteiger partial charge in [-0.15, -0.1) is 0 Å². The summed E-state index contributed by atoms with van der Waals surface area (Å²) in [6, 6.07) is 20.7. The van der Waals surface area contributed by atoms with Crippen molar-refractivity contribution in [3.8, 4) is 0 Å². The zero-order chi connectivity index (χ0) is 20.2. The zero-order valence-corrected chi connectivity index (χ0v) is 15.7. The van der Waals surface area contributed by atoms with Crippen molar-refractivity contribution in [2.45, 2.75) is 12.5 Å². The van der Waals surface area contributed by atoms with E-state index >= 15 is 0 Å². The molecule has 1 aromatic heterocycles. The first-order chi connectivity index (χ1) is 14.1. The lowest BCUT2D eigenvalue weighted by Crippen LogP contribution is -2.36. The number of carbonyl (C=O) groups is 2. The number of amides is 2. The van der Waals surface area contributed by atoms with Crippen molar-refractivity contribution >= 4 is 17.5 Å². The molecule has 0 spiro atoms. The summed E-state index contributed by atoms with van der Waals surface area (Å²) in [5.41, 5.74) is 1.81. The van der Waals surface area contributed by atoms with E-state index in [9.17, 15) is 14.0 Å². The van der Waals surface area contributed by atoms with Crippen LogP contribution in [0.15, 0.2) is 79.0 Å². The molecule has 1 aliphatic heterocycles. The van der Waals surface area contributed by atoms with Gasteiger partial charge in [-0.3, -0.25) is 14.6 Å². The summed E-state index contributed by atoms with van der Waals surface area (Å²) in [5, 5.41) is 3.02. The fourth-order valence-corrected chi connectivity index (χ4v) is 3.57. The molecule has 2 heterocycles. The molecule has 6 heteroatoms. The van der Waals surface area contributed by atoms with E-state index in [-0.39, 0.29) is 30.5 Å². The van der Waals surface area contributed by atoms with Gasteiger partial charge in [0.25, 0.3) is 0 Å². The molecule has 146 valence electrons. The molecule has 29 heavy (non-hydrogen) atoms. The quantitative estimate of drug-likeness (QED) is 0.727. The molecule has 0 saturated carbocycles. The number of anilines is 1. The lowest BCUT2D eigenvalue weighted by molar-refractivity contribution is -0.126. The number of para-hydroxylation sites is 1. The SMILES string of the molecule is O=C(NC(c1ccccc1)c1ccccn1)C1CC(=O)N(c2ccccc2F)C1. The number of hydrogen-bond acceptors (Lipinski definition) is 3. The highest BCUT2D eigenvalue weighted by molar-refractivity contribution is 6.00. The van der Waals surface area contributed by atoms with Gasteiger partial charge >= 0.3 is 0 Å². The van der Waals surface area contributed by atoms with Gasteiger partial charge in [0.15, 0.2) is 0 Å². The molecule has 2 aromatic carbocycles. The average Bonchev–Trinajstić information content (AvgIpc) is 3.15. The molecule has 5 nitrogen and oxygen atoms in total. The highest BCUT2D eigenvalue weighted by Gasteiger charge is 2.37. The number of pyridine rings is 1. The second kappa shape index (κ2) is 8.22. The lowest BCUT2D eigenvalue weighted by Gasteiger charge is -2.21. The van der Waals surface area contributed by atoms with E-state index in [1.54, 1.807) is 24.4 Å². The van der Waals surface area contributed by atoms with Crippen molar-refractivity contribution < 1.29 is 14.0 Å². The maximum Gasteiger partial charge on any atom is 0.227 e. The third kappa shape index (κ3) is 4.01. The van der Waals surface area contributed by atoms with E-state index in [0.717, 1.165) is 5.56 Å². The highest BCUT2D eigenvalue weighted by Crippen LogP contribution is 2.28. The van der Waals surface area contributed by atoms with Crippen LogP contribution in [-0.2, 0) is 9.59 Å². The Kier molecular flexibility index (Phi) is 5.33. The third-order valence-electron chi connectivity index (χ3n) is 5.04. The van der Waals surface area contributed by atoms with Gasteiger partial charge < -0.3 is 10.2 Å². The summed E-state index contributed by atoms with van der Waals surface area (Å²) < 4.78 is 14.1. The molecule has 2 unspecified atom stereocenters. The predicted octanol–water partition coefficient (Wildman–Crippen LogP) is 3.48. The molecule has 1 saturated heterocycles.